The lowest BCUT2D eigenvalue weighted by Crippen LogP contribution is -2.09. The molecule has 0 radical (unpaired) electrons. The summed E-state index contributed by atoms with van der Waals surface area (Å²) in [4.78, 5) is 20.5. The number of ether oxygens (including phenoxy) is 2. The second kappa shape index (κ2) is 7.41. The average Bonchev–Trinajstić information content (AvgIpc) is 3.10. The van der Waals surface area contributed by atoms with Crippen molar-refractivity contribution in [1.82, 2.24) is 9.97 Å². The maximum absolute atomic E-state index is 12.2. The molecule has 0 spiro atoms. The lowest BCUT2D eigenvalue weighted by atomic mass is 10.2. The van der Waals surface area contributed by atoms with Gasteiger partial charge in [-0.1, -0.05) is 18.2 Å². The van der Waals surface area contributed by atoms with E-state index in [1.807, 2.05) is 37.3 Å². The van der Waals surface area contributed by atoms with Gasteiger partial charge in [-0.05, 0) is 31.2 Å². The summed E-state index contributed by atoms with van der Waals surface area (Å²) in [6.07, 6.45) is 3.04. The highest BCUT2D eigenvalue weighted by molar-refractivity contribution is 5.91. The zero-order valence-corrected chi connectivity index (χ0v) is 13.1. The zero-order chi connectivity index (χ0) is 16.8. The van der Waals surface area contributed by atoms with Crippen LogP contribution < -0.4 is 4.74 Å². The Balaban J connectivity index is 1.66. The van der Waals surface area contributed by atoms with Crippen LogP contribution in [0.4, 0.5) is 0 Å². The monoisotopic (exact) mass is 324 g/mol. The van der Waals surface area contributed by atoms with Gasteiger partial charge in [0.1, 0.15) is 24.1 Å². The summed E-state index contributed by atoms with van der Waals surface area (Å²) in [6, 6.07) is 12.8. The summed E-state index contributed by atoms with van der Waals surface area (Å²) in [5.41, 5.74) is 1.68. The topological polar surface area (TPSA) is 74.5 Å². The number of hydrogen-bond acceptors (Lipinski definition) is 6. The Kier molecular flexibility index (Phi) is 4.86. The van der Waals surface area contributed by atoms with Crippen LogP contribution in [-0.4, -0.2) is 22.5 Å². The Hall–Kier alpha value is -3.15. The van der Waals surface area contributed by atoms with E-state index in [4.69, 9.17) is 13.9 Å². The molecule has 0 saturated carbocycles. The lowest BCUT2D eigenvalue weighted by Gasteiger charge is -2.07. The second-order valence-electron chi connectivity index (χ2n) is 4.88. The van der Waals surface area contributed by atoms with Gasteiger partial charge in [0.2, 0.25) is 11.8 Å². The van der Waals surface area contributed by atoms with Crippen molar-refractivity contribution in [3.05, 3.63) is 66.2 Å². The summed E-state index contributed by atoms with van der Waals surface area (Å²) in [5, 5.41) is 0. The summed E-state index contributed by atoms with van der Waals surface area (Å²) in [7, 11) is 0. The molecule has 6 heteroatoms. The second-order valence-corrected chi connectivity index (χ2v) is 4.88. The fraction of sp³-hybridized carbons (Fsp3) is 0.167. The van der Waals surface area contributed by atoms with E-state index in [1.165, 1.54) is 6.26 Å². The Morgan fingerprint density at radius 1 is 1.17 bits per heavy atom. The van der Waals surface area contributed by atoms with Crippen molar-refractivity contribution in [3.8, 4) is 17.3 Å². The minimum absolute atomic E-state index is 0.00955. The van der Waals surface area contributed by atoms with Gasteiger partial charge >= 0.3 is 5.97 Å². The lowest BCUT2D eigenvalue weighted by molar-refractivity contribution is 0.0462. The maximum Gasteiger partial charge on any atom is 0.344 e. The normalized spacial score (nSPS) is 10.4. The quantitative estimate of drug-likeness (QED) is 0.646. The van der Waals surface area contributed by atoms with E-state index in [-0.39, 0.29) is 18.1 Å². The number of benzene rings is 1. The first kappa shape index (κ1) is 15.7. The van der Waals surface area contributed by atoms with Crippen molar-refractivity contribution in [2.75, 3.05) is 6.61 Å². The molecule has 0 aliphatic heterocycles. The van der Waals surface area contributed by atoms with Gasteiger partial charge in [0.15, 0.2) is 0 Å². The van der Waals surface area contributed by atoms with Crippen LogP contribution >= 0.6 is 0 Å². The largest absolute Gasteiger partial charge is 0.477 e. The van der Waals surface area contributed by atoms with Gasteiger partial charge < -0.3 is 13.9 Å². The molecule has 0 atom stereocenters. The molecule has 0 saturated heterocycles. The van der Waals surface area contributed by atoms with E-state index >= 15 is 0 Å². The van der Waals surface area contributed by atoms with Gasteiger partial charge in [0.25, 0.3) is 0 Å². The molecule has 0 unspecified atom stereocenters. The first-order chi connectivity index (χ1) is 11.8. The number of pyridine rings is 1. The van der Waals surface area contributed by atoms with E-state index in [0.717, 1.165) is 5.56 Å². The third kappa shape index (κ3) is 3.60. The SMILES string of the molecule is CCOc1ncccc1C(=O)OCc1coc(-c2ccccc2)n1. The molecule has 122 valence electrons. The molecule has 0 N–H and O–H groups in total. The van der Waals surface area contributed by atoms with Crippen LogP contribution in [-0.2, 0) is 11.3 Å². The number of aromatic nitrogens is 2. The molecule has 24 heavy (non-hydrogen) atoms. The number of hydrogen-bond donors (Lipinski definition) is 0. The zero-order valence-electron chi connectivity index (χ0n) is 13.1. The standard InChI is InChI=1S/C18H16N2O4/c1-2-22-17-15(9-6-10-19-17)18(21)24-12-14-11-23-16(20-14)13-7-4-3-5-8-13/h3-11H,2,12H2,1H3. The van der Waals surface area contributed by atoms with Crippen molar-refractivity contribution in [2.24, 2.45) is 0 Å². The van der Waals surface area contributed by atoms with Crippen molar-refractivity contribution < 1.29 is 18.7 Å². The molecule has 0 aliphatic rings. The smallest absolute Gasteiger partial charge is 0.344 e. The minimum atomic E-state index is -0.518. The number of carbonyl (C=O) groups is 1. The van der Waals surface area contributed by atoms with Crippen LogP contribution in [0.2, 0.25) is 0 Å². The van der Waals surface area contributed by atoms with Crippen LogP contribution in [0.25, 0.3) is 11.5 Å². The van der Waals surface area contributed by atoms with Gasteiger partial charge in [0, 0.05) is 11.8 Å². The first-order valence-corrected chi connectivity index (χ1v) is 7.52. The molecule has 0 aliphatic carbocycles. The molecule has 2 aromatic heterocycles. The van der Waals surface area contributed by atoms with E-state index in [9.17, 15) is 4.79 Å². The van der Waals surface area contributed by atoms with Crippen LogP contribution in [0.3, 0.4) is 0 Å². The third-order valence-electron chi connectivity index (χ3n) is 3.20. The molecule has 0 fully saturated rings. The number of rotatable bonds is 6. The molecule has 3 aromatic rings. The average molecular weight is 324 g/mol. The van der Waals surface area contributed by atoms with Crippen LogP contribution in [0.5, 0.6) is 5.88 Å². The highest BCUT2D eigenvalue weighted by atomic mass is 16.5. The van der Waals surface area contributed by atoms with Gasteiger partial charge in [-0.25, -0.2) is 14.8 Å². The first-order valence-electron chi connectivity index (χ1n) is 7.52. The van der Waals surface area contributed by atoms with E-state index < -0.39 is 5.97 Å². The number of esters is 1. The fourth-order valence-corrected chi connectivity index (χ4v) is 2.10. The van der Waals surface area contributed by atoms with Gasteiger partial charge in [0.05, 0.1) is 6.61 Å². The molecule has 1 aromatic carbocycles. The van der Waals surface area contributed by atoms with Crippen LogP contribution in [0.1, 0.15) is 23.0 Å². The highest BCUT2D eigenvalue weighted by Crippen LogP contribution is 2.19. The number of nitrogens with zero attached hydrogens (tertiary/aromatic N) is 2. The van der Waals surface area contributed by atoms with E-state index in [1.54, 1.807) is 18.3 Å². The number of carbonyl (C=O) groups excluding carboxylic acids is 1. The summed E-state index contributed by atoms with van der Waals surface area (Å²) in [6.45, 7) is 2.25. The van der Waals surface area contributed by atoms with Gasteiger partial charge in [-0.15, -0.1) is 0 Å². The van der Waals surface area contributed by atoms with Crippen molar-refractivity contribution in [1.29, 1.82) is 0 Å². The Morgan fingerprint density at radius 2 is 2.00 bits per heavy atom. The molecular formula is C18H16N2O4. The molecule has 3 rings (SSSR count). The van der Waals surface area contributed by atoms with Gasteiger partial charge in [-0.3, -0.25) is 0 Å². The molecule has 0 amide bonds. The molecule has 0 bridgehead atoms. The molecular weight excluding hydrogens is 308 g/mol. The van der Waals surface area contributed by atoms with E-state index in [2.05, 4.69) is 9.97 Å². The molecule has 2 heterocycles. The van der Waals surface area contributed by atoms with Crippen molar-refractivity contribution in [3.63, 3.8) is 0 Å². The summed E-state index contributed by atoms with van der Waals surface area (Å²) < 4.78 is 16.0. The Bertz CT molecular complexity index is 815. The van der Waals surface area contributed by atoms with Crippen LogP contribution in [0, 0.1) is 0 Å². The summed E-state index contributed by atoms with van der Waals surface area (Å²) >= 11 is 0. The molecule has 6 nitrogen and oxygen atoms in total. The Labute approximate surface area is 139 Å². The highest BCUT2D eigenvalue weighted by Gasteiger charge is 2.16. The van der Waals surface area contributed by atoms with Crippen molar-refractivity contribution in [2.45, 2.75) is 13.5 Å². The van der Waals surface area contributed by atoms with Crippen molar-refractivity contribution >= 4 is 5.97 Å². The fourth-order valence-electron chi connectivity index (χ4n) is 2.10. The van der Waals surface area contributed by atoms with Gasteiger partial charge in [-0.2, -0.15) is 0 Å². The Morgan fingerprint density at radius 3 is 2.79 bits per heavy atom. The summed E-state index contributed by atoms with van der Waals surface area (Å²) in [5.74, 6) is 0.226. The third-order valence-corrected chi connectivity index (χ3v) is 3.20. The number of oxazole rings is 1. The minimum Gasteiger partial charge on any atom is -0.477 e. The van der Waals surface area contributed by atoms with Crippen LogP contribution in [0.15, 0.2) is 59.3 Å². The predicted molar refractivity (Wildman–Crippen MR) is 86.5 cm³/mol. The van der Waals surface area contributed by atoms with E-state index in [0.29, 0.717) is 18.2 Å². The maximum atomic E-state index is 12.2. The predicted octanol–water partition coefficient (Wildman–Crippen LogP) is 3.49.